The molecule has 22 heavy (non-hydrogen) atoms. The van der Waals surface area contributed by atoms with Crippen LogP contribution in [-0.4, -0.2) is 34.7 Å². The van der Waals surface area contributed by atoms with E-state index in [9.17, 15) is 23.5 Å². The molecule has 1 aromatic rings. The van der Waals surface area contributed by atoms with Crippen molar-refractivity contribution < 1.29 is 33.3 Å². The van der Waals surface area contributed by atoms with E-state index in [1.807, 2.05) is 0 Å². The molecule has 0 fully saturated rings. The van der Waals surface area contributed by atoms with Crippen LogP contribution in [0.5, 0.6) is 5.75 Å². The van der Waals surface area contributed by atoms with Crippen molar-refractivity contribution in [1.82, 2.24) is 0 Å². The van der Waals surface area contributed by atoms with E-state index in [-0.39, 0.29) is 23.5 Å². The lowest BCUT2D eigenvalue weighted by Gasteiger charge is -2.23. The van der Waals surface area contributed by atoms with Crippen molar-refractivity contribution in [2.75, 3.05) is 6.61 Å². The fourth-order valence-electron chi connectivity index (χ4n) is 1.59. The molecule has 0 spiro atoms. The molecule has 0 amide bonds. The highest BCUT2D eigenvalue weighted by Crippen LogP contribution is 2.40. The molecule has 0 bridgehead atoms. The van der Waals surface area contributed by atoms with Gasteiger partial charge in [-0.05, 0) is 19.1 Å². The molecule has 4 N–H and O–H groups in total. The van der Waals surface area contributed by atoms with E-state index in [0.717, 1.165) is 12.1 Å². The minimum atomic E-state index is -4.13. The van der Waals surface area contributed by atoms with Crippen molar-refractivity contribution in [3.8, 4) is 5.75 Å². The fourth-order valence-corrected chi connectivity index (χ4v) is 2.15. The Morgan fingerprint density at radius 1 is 1.45 bits per heavy atom. The first kappa shape index (κ1) is 20.6. The molecule has 1 aromatic carbocycles. The Hall–Kier alpha value is -1.45. The Morgan fingerprint density at radius 3 is 2.45 bits per heavy atom. The van der Waals surface area contributed by atoms with Gasteiger partial charge in [0.25, 0.3) is 0 Å². The number of rotatable bonds is 5. The van der Waals surface area contributed by atoms with Crippen LogP contribution < -0.4 is 5.73 Å². The minimum absolute atomic E-state index is 0. The quantitative estimate of drug-likeness (QED) is 0.650. The first-order chi connectivity index (χ1) is 9.64. The summed E-state index contributed by atoms with van der Waals surface area (Å²) in [5.74, 6) is -8.45. The number of halogens is 4. The van der Waals surface area contributed by atoms with E-state index in [4.69, 9.17) is 10.8 Å². The SMILES string of the molecule is CCOC(=O)C(F)(F)[C@@H](N)c1c(Br)ccc(C(=O)O)c1O.Cl. The lowest BCUT2D eigenvalue weighted by molar-refractivity contribution is -0.174. The van der Waals surface area contributed by atoms with Gasteiger partial charge in [0.05, 0.1) is 6.61 Å². The molecular formula is C12H13BrClF2NO5. The van der Waals surface area contributed by atoms with Crippen LogP contribution in [0.25, 0.3) is 0 Å². The topological polar surface area (TPSA) is 110 Å². The van der Waals surface area contributed by atoms with Gasteiger partial charge in [-0.2, -0.15) is 8.78 Å². The number of benzene rings is 1. The summed E-state index contributed by atoms with van der Waals surface area (Å²) in [5, 5.41) is 18.7. The van der Waals surface area contributed by atoms with Gasteiger partial charge >= 0.3 is 17.9 Å². The number of carbonyl (C=O) groups is 2. The highest BCUT2D eigenvalue weighted by atomic mass is 79.9. The summed E-state index contributed by atoms with van der Waals surface area (Å²) < 4.78 is 32.0. The smallest absolute Gasteiger partial charge is 0.379 e. The Balaban J connectivity index is 0.00000441. The number of hydrogen-bond donors (Lipinski definition) is 3. The molecule has 0 aliphatic rings. The molecular weight excluding hydrogens is 391 g/mol. The summed E-state index contributed by atoms with van der Waals surface area (Å²) in [7, 11) is 0. The Kier molecular flexibility index (Phi) is 7.20. The number of esters is 1. The van der Waals surface area contributed by atoms with Crippen molar-refractivity contribution >= 4 is 40.3 Å². The van der Waals surface area contributed by atoms with E-state index in [2.05, 4.69) is 20.7 Å². The molecule has 0 saturated heterocycles. The van der Waals surface area contributed by atoms with Gasteiger partial charge in [0.15, 0.2) is 0 Å². The van der Waals surface area contributed by atoms with Crippen molar-refractivity contribution in [3.05, 3.63) is 27.7 Å². The Labute approximate surface area is 138 Å². The Morgan fingerprint density at radius 2 is 2.00 bits per heavy atom. The highest BCUT2D eigenvalue weighted by Gasteiger charge is 2.49. The molecule has 124 valence electrons. The van der Waals surface area contributed by atoms with Crippen LogP contribution in [0.1, 0.15) is 28.9 Å². The number of ether oxygens (including phenoxy) is 1. The van der Waals surface area contributed by atoms with E-state index in [0.29, 0.717) is 0 Å². The van der Waals surface area contributed by atoms with Crippen LogP contribution in [0.15, 0.2) is 16.6 Å². The molecule has 0 saturated carbocycles. The number of hydrogen-bond acceptors (Lipinski definition) is 5. The number of carbonyl (C=O) groups excluding carboxylic acids is 1. The van der Waals surface area contributed by atoms with E-state index in [1.165, 1.54) is 6.92 Å². The van der Waals surface area contributed by atoms with E-state index < -0.39 is 40.8 Å². The zero-order chi connectivity index (χ0) is 16.4. The van der Waals surface area contributed by atoms with Crippen molar-refractivity contribution in [3.63, 3.8) is 0 Å². The van der Waals surface area contributed by atoms with Crippen molar-refractivity contribution in [1.29, 1.82) is 0 Å². The predicted octanol–water partition coefficient (Wildman–Crippen LogP) is 2.47. The molecule has 0 unspecified atom stereocenters. The van der Waals surface area contributed by atoms with Gasteiger partial charge in [-0.3, -0.25) is 0 Å². The van der Waals surface area contributed by atoms with Crippen molar-refractivity contribution in [2.45, 2.75) is 18.9 Å². The van der Waals surface area contributed by atoms with Gasteiger partial charge in [0.1, 0.15) is 17.4 Å². The number of alkyl halides is 2. The molecule has 6 nitrogen and oxygen atoms in total. The standard InChI is InChI=1S/C12H12BrF2NO5.ClH/c1-2-21-11(20)12(14,15)9(16)7-6(13)4-3-5(8(7)17)10(18)19;/h3-4,9,17H,2,16H2,1H3,(H,18,19);1H/t9-;/m0./s1. The second-order valence-corrected chi connectivity index (χ2v) is 4.84. The van der Waals surface area contributed by atoms with Crippen molar-refractivity contribution in [2.24, 2.45) is 5.73 Å². The zero-order valence-electron chi connectivity index (χ0n) is 11.2. The molecule has 10 heteroatoms. The fraction of sp³-hybridized carbons (Fsp3) is 0.333. The molecule has 0 aromatic heterocycles. The summed E-state index contributed by atoms with van der Waals surface area (Å²) in [6.07, 6.45) is 0. The first-order valence-electron chi connectivity index (χ1n) is 5.69. The number of aromatic hydroxyl groups is 1. The van der Waals surface area contributed by atoms with Crippen LogP contribution in [0.3, 0.4) is 0 Å². The average molecular weight is 405 g/mol. The number of carboxylic acid groups (broad SMARTS) is 1. The third-order valence-corrected chi connectivity index (χ3v) is 3.33. The van der Waals surface area contributed by atoms with Crippen LogP contribution in [0, 0.1) is 0 Å². The third kappa shape index (κ3) is 3.84. The van der Waals surface area contributed by atoms with Crippen LogP contribution in [-0.2, 0) is 9.53 Å². The van der Waals surface area contributed by atoms with Gasteiger partial charge in [-0.25, -0.2) is 9.59 Å². The number of phenols is 1. The maximum absolute atomic E-state index is 13.9. The summed E-state index contributed by atoms with van der Waals surface area (Å²) in [5.41, 5.74) is 4.14. The lowest BCUT2D eigenvalue weighted by Crippen LogP contribution is -2.42. The summed E-state index contributed by atoms with van der Waals surface area (Å²) in [4.78, 5) is 22.2. The molecule has 0 aliphatic carbocycles. The maximum atomic E-state index is 13.9. The molecule has 1 rings (SSSR count). The monoisotopic (exact) mass is 403 g/mol. The second kappa shape index (κ2) is 7.70. The second-order valence-electron chi connectivity index (χ2n) is 3.98. The molecule has 0 radical (unpaired) electrons. The number of aromatic carboxylic acids is 1. The zero-order valence-corrected chi connectivity index (χ0v) is 13.6. The highest BCUT2D eigenvalue weighted by molar-refractivity contribution is 9.10. The normalized spacial score (nSPS) is 12.2. The number of carboxylic acids is 1. The van der Waals surface area contributed by atoms with Gasteiger partial charge in [-0.1, -0.05) is 15.9 Å². The van der Waals surface area contributed by atoms with E-state index in [1.54, 1.807) is 0 Å². The van der Waals surface area contributed by atoms with Crippen LogP contribution in [0.2, 0.25) is 0 Å². The number of nitrogens with two attached hydrogens (primary N) is 1. The summed E-state index contributed by atoms with van der Waals surface area (Å²) in [6.45, 7) is 1.07. The van der Waals surface area contributed by atoms with Gasteiger partial charge in [0.2, 0.25) is 0 Å². The third-order valence-electron chi connectivity index (χ3n) is 2.64. The van der Waals surface area contributed by atoms with Crippen LogP contribution >= 0.6 is 28.3 Å². The first-order valence-corrected chi connectivity index (χ1v) is 6.49. The molecule has 0 heterocycles. The Bertz CT molecular complexity index is 585. The van der Waals surface area contributed by atoms with Gasteiger partial charge in [-0.15, -0.1) is 12.4 Å². The molecule has 0 aliphatic heterocycles. The van der Waals surface area contributed by atoms with Gasteiger partial charge in [0, 0.05) is 10.0 Å². The molecule has 1 atom stereocenters. The minimum Gasteiger partial charge on any atom is -0.507 e. The predicted molar refractivity (Wildman–Crippen MR) is 78.5 cm³/mol. The summed E-state index contributed by atoms with van der Waals surface area (Å²) >= 11 is 2.89. The lowest BCUT2D eigenvalue weighted by atomic mass is 9.97. The van der Waals surface area contributed by atoms with Crippen LogP contribution in [0.4, 0.5) is 8.78 Å². The van der Waals surface area contributed by atoms with E-state index >= 15 is 0 Å². The summed E-state index contributed by atoms with van der Waals surface area (Å²) in [6, 6.07) is -0.120. The average Bonchev–Trinajstić information content (AvgIpc) is 2.38. The maximum Gasteiger partial charge on any atom is 0.379 e. The van der Waals surface area contributed by atoms with Gasteiger partial charge < -0.3 is 20.7 Å². The largest absolute Gasteiger partial charge is 0.507 e.